The molecule has 0 saturated heterocycles. The summed E-state index contributed by atoms with van der Waals surface area (Å²) >= 11 is 0. The van der Waals surface area contributed by atoms with E-state index in [-0.39, 0.29) is 6.04 Å². The van der Waals surface area contributed by atoms with Crippen molar-refractivity contribution in [3.8, 4) is 0 Å². The predicted octanol–water partition coefficient (Wildman–Crippen LogP) is 1.99. The lowest BCUT2D eigenvalue weighted by molar-refractivity contribution is 0.493. The number of imidazole rings is 1. The molecule has 0 amide bonds. The Morgan fingerprint density at radius 2 is 2.26 bits per heavy atom. The van der Waals surface area contributed by atoms with Gasteiger partial charge in [-0.05, 0) is 25.5 Å². The maximum absolute atomic E-state index is 4.50. The van der Waals surface area contributed by atoms with Gasteiger partial charge in [0.1, 0.15) is 5.82 Å². The number of aryl methyl sites for hydroxylation is 2. The number of rotatable bonds is 7. The van der Waals surface area contributed by atoms with E-state index < -0.39 is 0 Å². The van der Waals surface area contributed by atoms with E-state index in [0.29, 0.717) is 0 Å². The van der Waals surface area contributed by atoms with Gasteiger partial charge in [-0.25, -0.2) is 4.98 Å². The van der Waals surface area contributed by atoms with E-state index in [1.165, 1.54) is 5.69 Å². The predicted molar refractivity (Wildman–Crippen MR) is 75.9 cm³/mol. The molecule has 0 spiro atoms. The first-order valence-electron chi connectivity index (χ1n) is 6.99. The van der Waals surface area contributed by atoms with E-state index in [1.54, 1.807) is 6.20 Å². The van der Waals surface area contributed by atoms with Crippen LogP contribution in [-0.2, 0) is 19.9 Å². The second-order valence-corrected chi connectivity index (χ2v) is 4.79. The fraction of sp³-hybridized carbons (Fsp3) is 0.571. The van der Waals surface area contributed by atoms with Gasteiger partial charge in [-0.15, -0.1) is 0 Å². The van der Waals surface area contributed by atoms with Crippen LogP contribution in [-0.4, -0.2) is 26.3 Å². The van der Waals surface area contributed by atoms with Crippen molar-refractivity contribution in [2.45, 2.75) is 39.2 Å². The van der Waals surface area contributed by atoms with Gasteiger partial charge in [-0.3, -0.25) is 4.68 Å². The van der Waals surface area contributed by atoms with Gasteiger partial charge in [0.05, 0.1) is 11.7 Å². The first kappa shape index (κ1) is 13.8. The van der Waals surface area contributed by atoms with Gasteiger partial charge in [0, 0.05) is 31.6 Å². The smallest absolute Gasteiger partial charge is 0.123 e. The lowest BCUT2D eigenvalue weighted by Crippen LogP contribution is -2.25. The van der Waals surface area contributed by atoms with Gasteiger partial charge in [-0.2, -0.15) is 5.10 Å². The van der Waals surface area contributed by atoms with Crippen LogP contribution in [0.25, 0.3) is 0 Å². The Hall–Kier alpha value is -1.62. The molecule has 2 rings (SSSR count). The molecule has 2 aromatic rings. The summed E-state index contributed by atoms with van der Waals surface area (Å²) in [4.78, 5) is 7.58. The van der Waals surface area contributed by atoms with Crippen molar-refractivity contribution in [3.63, 3.8) is 0 Å². The molecule has 0 aliphatic heterocycles. The first-order valence-corrected chi connectivity index (χ1v) is 6.99. The largest absolute Gasteiger partial charge is 0.347 e. The third kappa shape index (κ3) is 3.44. The van der Waals surface area contributed by atoms with E-state index in [1.807, 2.05) is 17.9 Å². The minimum Gasteiger partial charge on any atom is -0.347 e. The van der Waals surface area contributed by atoms with Gasteiger partial charge >= 0.3 is 0 Å². The molecule has 2 aromatic heterocycles. The maximum Gasteiger partial charge on any atom is 0.123 e. The van der Waals surface area contributed by atoms with Crippen molar-refractivity contribution in [2.24, 2.45) is 7.05 Å². The zero-order valence-corrected chi connectivity index (χ0v) is 12.0. The number of aromatic nitrogens is 4. The topological polar surface area (TPSA) is 58.5 Å². The quantitative estimate of drug-likeness (QED) is 0.801. The van der Waals surface area contributed by atoms with Gasteiger partial charge in [-0.1, -0.05) is 13.8 Å². The normalized spacial score (nSPS) is 12.8. The third-order valence-electron chi connectivity index (χ3n) is 3.29. The molecule has 1 atom stereocenters. The summed E-state index contributed by atoms with van der Waals surface area (Å²) in [5, 5.41) is 8.04. The van der Waals surface area contributed by atoms with Gasteiger partial charge in [0.15, 0.2) is 0 Å². The number of hydrogen-bond acceptors (Lipinski definition) is 3. The third-order valence-corrected chi connectivity index (χ3v) is 3.29. The summed E-state index contributed by atoms with van der Waals surface area (Å²) in [6, 6.07) is 2.40. The Bertz CT molecular complexity index is 486. The highest BCUT2D eigenvalue weighted by atomic mass is 15.3. The van der Waals surface area contributed by atoms with Crippen LogP contribution in [0.3, 0.4) is 0 Å². The van der Waals surface area contributed by atoms with Crippen molar-refractivity contribution in [1.82, 2.24) is 25.1 Å². The Morgan fingerprint density at radius 3 is 2.84 bits per heavy atom. The number of nitrogens with one attached hydrogen (secondary N) is 2. The molecule has 0 aromatic carbocycles. The number of hydrogen-bond donors (Lipinski definition) is 2. The first-order chi connectivity index (χ1) is 9.24. The average molecular weight is 261 g/mol. The van der Waals surface area contributed by atoms with Crippen LogP contribution in [0.5, 0.6) is 0 Å². The summed E-state index contributed by atoms with van der Waals surface area (Å²) in [5.74, 6) is 0.993. The molecule has 0 radical (unpaired) electrons. The highest BCUT2D eigenvalue weighted by Crippen LogP contribution is 2.16. The Labute approximate surface area is 114 Å². The molecule has 1 unspecified atom stereocenters. The molecule has 104 valence electrons. The number of aromatic amines is 1. The van der Waals surface area contributed by atoms with Crippen molar-refractivity contribution >= 4 is 0 Å². The van der Waals surface area contributed by atoms with Crippen LogP contribution in [0.1, 0.15) is 43.5 Å². The summed E-state index contributed by atoms with van der Waals surface area (Å²) in [7, 11) is 2.01. The minimum atomic E-state index is 0.218. The molecule has 19 heavy (non-hydrogen) atoms. The summed E-state index contributed by atoms with van der Waals surface area (Å²) < 4.78 is 1.97. The molecule has 2 heterocycles. The van der Waals surface area contributed by atoms with Crippen LogP contribution >= 0.6 is 0 Å². The van der Waals surface area contributed by atoms with Crippen LogP contribution < -0.4 is 5.32 Å². The fourth-order valence-electron chi connectivity index (χ4n) is 2.20. The molecule has 0 fully saturated rings. The lowest BCUT2D eigenvalue weighted by atomic mass is 10.1. The van der Waals surface area contributed by atoms with E-state index in [2.05, 4.69) is 40.3 Å². The SMILES string of the molecule is CCCNC(Cc1cc(CC)nn1C)c1ncc[nH]1. The number of H-pyrrole nitrogens is 1. The minimum absolute atomic E-state index is 0.218. The molecular formula is C14H23N5. The van der Waals surface area contributed by atoms with E-state index in [4.69, 9.17) is 0 Å². The average Bonchev–Trinajstić information content (AvgIpc) is 3.04. The van der Waals surface area contributed by atoms with Crippen molar-refractivity contribution in [2.75, 3.05) is 6.54 Å². The van der Waals surface area contributed by atoms with Crippen LogP contribution in [0.4, 0.5) is 0 Å². The molecule has 0 aliphatic rings. The molecule has 5 nitrogen and oxygen atoms in total. The Kier molecular flexibility index (Phi) is 4.74. The van der Waals surface area contributed by atoms with Gasteiger partial charge < -0.3 is 10.3 Å². The fourth-order valence-corrected chi connectivity index (χ4v) is 2.20. The second-order valence-electron chi connectivity index (χ2n) is 4.79. The summed E-state index contributed by atoms with van der Waals surface area (Å²) in [6.07, 6.45) is 6.66. The van der Waals surface area contributed by atoms with E-state index >= 15 is 0 Å². The molecule has 0 bridgehead atoms. The Morgan fingerprint density at radius 1 is 1.42 bits per heavy atom. The maximum atomic E-state index is 4.50. The zero-order chi connectivity index (χ0) is 13.7. The van der Waals surface area contributed by atoms with Crippen molar-refractivity contribution in [3.05, 3.63) is 35.7 Å². The number of nitrogens with zero attached hydrogens (tertiary/aromatic N) is 3. The van der Waals surface area contributed by atoms with Crippen LogP contribution in [0.2, 0.25) is 0 Å². The molecule has 0 saturated carbocycles. The second kappa shape index (κ2) is 6.52. The molecule has 5 heteroatoms. The Balaban J connectivity index is 2.12. The standard InChI is InChI=1S/C14H23N5/c1-4-6-15-13(14-16-7-8-17-14)10-12-9-11(5-2)18-19(12)3/h7-9,13,15H,4-6,10H2,1-3H3,(H,16,17). The highest BCUT2D eigenvalue weighted by Gasteiger charge is 2.16. The zero-order valence-electron chi connectivity index (χ0n) is 12.0. The summed E-state index contributed by atoms with van der Waals surface area (Å²) in [6.45, 7) is 5.29. The van der Waals surface area contributed by atoms with Crippen LogP contribution in [0, 0.1) is 0 Å². The monoisotopic (exact) mass is 261 g/mol. The van der Waals surface area contributed by atoms with E-state index in [0.717, 1.165) is 37.3 Å². The van der Waals surface area contributed by atoms with Crippen molar-refractivity contribution < 1.29 is 0 Å². The van der Waals surface area contributed by atoms with Gasteiger partial charge in [0.2, 0.25) is 0 Å². The summed E-state index contributed by atoms with van der Waals surface area (Å²) in [5.41, 5.74) is 2.38. The highest BCUT2D eigenvalue weighted by molar-refractivity contribution is 5.13. The lowest BCUT2D eigenvalue weighted by Gasteiger charge is -2.16. The molecule has 0 aliphatic carbocycles. The molecular weight excluding hydrogens is 238 g/mol. The van der Waals surface area contributed by atoms with E-state index in [9.17, 15) is 0 Å². The molecule has 2 N–H and O–H groups in total. The van der Waals surface area contributed by atoms with Crippen molar-refractivity contribution in [1.29, 1.82) is 0 Å². The van der Waals surface area contributed by atoms with Crippen LogP contribution in [0.15, 0.2) is 18.5 Å². The van der Waals surface area contributed by atoms with Gasteiger partial charge in [0.25, 0.3) is 0 Å².